The topological polar surface area (TPSA) is 55.3 Å². The predicted molar refractivity (Wildman–Crippen MR) is 61.0 cm³/mol. The summed E-state index contributed by atoms with van der Waals surface area (Å²) in [5, 5.41) is 1.05. The molecule has 2 aromatic heterocycles. The lowest BCUT2D eigenvalue weighted by Gasteiger charge is -2.17. The highest BCUT2D eigenvalue weighted by Gasteiger charge is 2.08. The van der Waals surface area contributed by atoms with E-state index in [9.17, 15) is 0 Å². The molecule has 0 bridgehead atoms. The number of hydrogen-bond acceptors (Lipinski definition) is 4. The van der Waals surface area contributed by atoms with Crippen molar-refractivity contribution in [1.82, 2.24) is 4.98 Å². The minimum absolute atomic E-state index is 0.700. The Morgan fingerprint density at radius 1 is 1.47 bits per heavy atom. The zero-order chi connectivity index (χ0) is 10.7. The van der Waals surface area contributed by atoms with Crippen LogP contribution in [0.2, 0.25) is 0 Å². The number of hydrogen-bond donors (Lipinski definition) is 1. The Balaban J connectivity index is 2.29. The summed E-state index contributed by atoms with van der Waals surface area (Å²) in [5.74, 6) is 0.953. The minimum Gasteiger partial charge on any atom is -0.464 e. The van der Waals surface area contributed by atoms with Gasteiger partial charge in [0.1, 0.15) is 11.4 Å². The lowest BCUT2D eigenvalue weighted by atomic mass is 10.3. The van der Waals surface area contributed by atoms with Gasteiger partial charge in [-0.25, -0.2) is 4.98 Å². The van der Waals surface area contributed by atoms with E-state index in [0.29, 0.717) is 6.54 Å². The fraction of sp³-hybridized carbons (Fsp3) is 0.364. The molecule has 0 saturated carbocycles. The van der Waals surface area contributed by atoms with Gasteiger partial charge in [0, 0.05) is 19.8 Å². The van der Waals surface area contributed by atoms with Crippen molar-refractivity contribution in [3.05, 3.63) is 24.6 Å². The number of pyridine rings is 1. The Morgan fingerprint density at radius 2 is 2.33 bits per heavy atom. The molecule has 0 aliphatic heterocycles. The van der Waals surface area contributed by atoms with Crippen LogP contribution in [-0.2, 0) is 0 Å². The zero-order valence-electron chi connectivity index (χ0n) is 8.81. The van der Waals surface area contributed by atoms with E-state index in [2.05, 4.69) is 9.88 Å². The van der Waals surface area contributed by atoms with E-state index in [0.717, 1.165) is 29.8 Å². The Labute approximate surface area is 88.7 Å². The van der Waals surface area contributed by atoms with E-state index in [4.69, 9.17) is 10.2 Å². The average molecular weight is 205 g/mol. The molecule has 2 N–H and O–H groups in total. The number of aromatic nitrogens is 1. The number of anilines is 1. The van der Waals surface area contributed by atoms with Crippen molar-refractivity contribution in [2.24, 2.45) is 5.73 Å². The molecule has 0 atom stereocenters. The lowest BCUT2D eigenvalue weighted by molar-refractivity contribution is 0.615. The molecule has 2 heterocycles. The molecule has 0 saturated heterocycles. The van der Waals surface area contributed by atoms with E-state index >= 15 is 0 Å². The Bertz CT molecular complexity index is 438. The molecule has 0 unspecified atom stereocenters. The van der Waals surface area contributed by atoms with Gasteiger partial charge in [-0.1, -0.05) is 0 Å². The van der Waals surface area contributed by atoms with E-state index in [-0.39, 0.29) is 0 Å². The summed E-state index contributed by atoms with van der Waals surface area (Å²) >= 11 is 0. The molecule has 4 nitrogen and oxygen atoms in total. The molecule has 0 aliphatic rings. The van der Waals surface area contributed by atoms with Gasteiger partial charge in [-0.3, -0.25) is 0 Å². The summed E-state index contributed by atoms with van der Waals surface area (Å²) in [5.41, 5.74) is 6.36. The van der Waals surface area contributed by atoms with Crippen molar-refractivity contribution in [2.45, 2.75) is 6.42 Å². The molecule has 2 aromatic rings. The first kappa shape index (κ1) is 9.98. The molecule has 80 valence electrons. The smallest absolute Gasteiger partial charge is 0.139 e. The van der Waals surface area contributed by atoms with Gasteiger partial charge in [0.15, 0.2) is 0 Å². The summed E-state index contributed by atoms with van der Waals surface area (Å²) in [6.07, 6.45) is 4.42. The summed E-state index contributed by atoms with van der Waals surface area (Å²) in [6, 6.07) is 3.81. The van der Waals surface area contributed by atoms with Crippen molar-refractivity contribution in [1.29, 1.82) is 0 Å². The maximum absolute atomic E-state index is 5.48. The highest BCUT2D eigenvalue weighted by atomic mass is 16.3. The van der Waals surface area contributed by atoms with Crippen LogP contribution < -0.4 is 10.6 Å². The van der Waals surface area contributed by atoms with Crippen LogP contribution >= 0.6 is 0 Å². The fourth-order valence-corrected chi connectivity index (χ4v) is 1.62. The molecule has 0 radical (unpaired) electrons. The van der Waals surface area contributed by atoms with Gasteiger partial charge < -0.3 is 15.1 Å². The molecule has 15 heavy (non-hydrogen) atoms. The average Bonchev–Trinajstić information content (AvgIpc) is 2.73. The van der Waals surface area contributed by atoms with Gasteiger partial charge in [-0.2, -0.15) is 0 Å². The second kappa shape index (κ2) is 4.31. The number of fused-ring (bicyclic) bond motifs is 1. The lowest BCUT2D eigenvalue weighted by Crippen LogP contribution is -2.22. The van der Waals surface area contributed by atoms with E-state index in [1.807, 2.05) is 19.2 Å². The zero-order valence-corrected chi connectivity index (χ0v) is 8.81. The SMILES string of the molecule is CN(CCCN)c1nccc2occc12. The van der Waals surface area contributed by atoms with E-state index < -0.39 is 0 Å². The van der Waals surface area contributed by atoms with E-state index in [1.54, 1.807) is 12.5 Å². The van der Waals surface area contributed by atoms with Crippen molar-refractivity contribution in [3.63, 3.8) is 0 Å². The summed E-state index contributed by atoms with van der Waals surface area (Å²) in [7, 11) is 2.02. The molecule has 0 spiro atoms. The predicted octanol–water partition coefficient (Wildman–Crippen LogP) is 1.61. The fourth-order valence-electron chi connectivity index (χ4n) is 1.62. The second-order valence-corrected chi connectivity index (χ2v) is 3.53. The highest BCUT2D eigenvalue weighted by molar-refractivity contribution is 5.88. The number of nitrogens with two attached hydrogens (primary N) is 1. The standard InChI is InChI=1S/C11H15N3O/c1-14(7-2-5-12)11-9-4-8-15-10(9)3-6-13-11/h3-4,6,8H,2,5,7,12H2,1H3. The Hall–Kier alpha value is -1.55. The molecular formula is C11H15N3O. The first-order chi connectivity index (χ1) is 7.33. The number of rotatable bonds is 4. The maximum atomic E-state index is 5.48. The van der Waals surface area contributed by atoms with Crippen LogP contribution in [0, 0.1) is 0 Å². The monoisotopic (exact) mass is 205 g/mol. The third-order valence-corrected chi connectivity index (χ3v) is 2.42. The molecular weight excluding hydrogens is 190 g/mol. The largest absolute Gasteiger partial charge is 0.464 e. The van der Waals surface area contributed by atoms with Crippen LogP contribution in [-0.4, -0.2) is 25.1 Å². The minimum atomic E-state index is 0.700. The van der Waals surface area contributed by atoms with Crippen LogP contribution in [0.4, 0.5) is 5.82 Å². The number of nitrogens with zero attached hydrogens (tertiary/aromatic N) is 2. The van der Waals surface area contributed by atoms with Gasteiger partial charge in [0.05, 0.1) is 11.6 Å². The maximum Gasteiger partial charge on any atom is 0.139 e. The van der Waals surface area contributed by atoms with Crippen LogP contribution in [0.5, 0.6) is 0 Å². The molecule has 4 heteroatoms. The molecule has 0 amide bonds. The van der Waals surface area contributed by atoms with Crippen molar-refractivity contribution in [2.75, 3.05) is 25.0 Å². The molecule has 0 aromatic carbocycles. The van der Waals surface area contributed by atoms with Gasteiger partial charge >= 0.3 is 0 Å². The number of furan rings is 1. The van der Waals surface area contributed by atoms with E-state index in [1.165, 1.54) is 0 Å². The van der Waals surface area contributed by atoms with Crippen molar-refractivity contribution < 1.29 is 4.42 Å². The van der Waals surface area contributed by atoms with Gasteiger partial charge in [-0.05, 0) is 25.1 Å². The second-order valence-electron chi connectivity index (χ2n) is 3.53. The van der Waals surface area contributed by atoms with Crippen LogP contribution in [0.15, 0.2) is 29.0 Å². The third-order valence-electron chi connectivity index (χ3n) is 2.42. The Morgan fingerprint density at radius 3 is 3.13 bits per heavy atom. The van der Waals surface area contributed by atoms with Gasteiger partial charge in [0.2, 0.25) is 0 Å². The summed E-state index contributed by atoms with van der Waals surface area (Å²) in [6.45, 7) is 1.61. The molecule has 0 aliphatic carbocycles. The van der Waals surface area contributed by atoms with Crippen LogP contribution in [0.25, 0.3) is 11.0 Å². The molecule has 0 fully saturated rings. The molecule has 2 rings (SSSR count). The van der Waals surface area contributed by atoms with Gasteiger partial charge in [-0.15, -0.1) is 0 Å². The Kier molecular flexibility index (Phi) is 2.87. The van der Waals surface area contributed by atoms with Crippen LogP contribution in [0.3, 0.4) is 0 Å². The quantitative estimate of drug-likeness (QED) is 0.824. The first-order valence-electron chi connectivity index (χ1n) is 5.06. The van der Waals surface area contributed by atoms with Gasteiger partial charge in [0.25, 0.3) is 0 Å². The van der Waals surface area contributed by atoms with Crippen LogP contribution in [0.1, 0.15) is 6.42 Å². The normalized spacial score (nSPS) is 10.8. The first-order valence-corrected chi connectivity index (χ1v) is 5.06. The third kappa shape index (κ3) is 1.94. The summed E-state index contributed by atoms with van der Waals surface area (Å²) < 4.78 is 5.32. The van der Waals surface area contributed by atoms with Crippen molar-refractivity contribution >= 4 is 16.8 Å². The van der Waals surface area contributed by atoms with Crippen molar-refractivity contribution in [3.8, 4) is 0 Å². The summed E-state index contributed by atoms with van der Waals surface area (Å²) in [4.78, 5) is 6.46. The highest BCUT2D eigenvalue weighted by Crippen LogP contribution is 2.24.